The molecule has 158 valence electrons. The summed E-state index contributed by atoms with van der Waals surface area (Å²) in [5.41, 5.74) is 3.54. The Bertz CT molecular complexity index is 1440. The molecule has 1 aromatic heterocycles. The quantitative estimate of drug-likeness (QED) is 0.343. The maximum Gasteiger partial charge on any atom is 0.255 e. The monoisotopic (exact) mass is 422 g/mol. The van der Waals surface area contributed by atoms with Crippen LogP contribution in [0.25, 0.3) is 33.3 Å². The first kappa shape index (κ1) is 19.8. The number of nitrogens with zero attached hydrogens (tertiary/aromatic N) is 1. The Morgan fingerprint density at radius 1 is 0.938 bits per heavy atom. The molecule has 0 aliphatic rings. The van der Waals surface area contributed by atoms with Gasteiger partial charge in [0.05, 0.1) is 6.10 Å². The van der Waals surface area contributed by atoms with Crippen LogP contribution in [0.2, 0.25) is 0 Å². The van der Waals surface area contributed by atoms with E-state index in [-0.39, 0.29) is 12.0 Å². The zero-order valence-electron chi connectivity index (χ0n) is 17.8. The summed E-state index contributed by atoms with van der Waals surface area (Å²) in [7, 11) is 0. The van der Waals surface area contributed by atoms with E-state index in [1.165, 1.54) is 0 Å². The summed E-state index contributed by atoms with van der Waals surface area (Å²) in [6.45, 7) is 3.90. The number of oxazole rings is 1. The predicted octanol–water partition coefficient (Wildman–Crippen LogP) is 6.69. The number of benzene rings is 4. The Hall–Kier alpha value is -4.12. The van der Waals surface area contributed by atoms with Crippen LogP contribution in [0.4, 0.5) is 5.69 Å². The number of hydrogen-bond acceptors (Lipinski definition) is 4. The van der Waals surface area contributed by atoms with Crippen LogP contribution in [-0.2, 0) is 0 Å². The smallest absolute Gasteiger partial charge is 0.255 e. The largest absolute Gasteiger partial charge is 0.491 e. The summed E-state index contributed by atoms with van der Waals surface area (Å²) in [6.07, 6.45) is 0.0402. The zero-order chi connectivity index (χ0) is 22.1. The van der Waals surface area contributed by atoms with Crippen molar-refractivity contribution in [3.63, 3.8) is 0 Å². The number of anilines is 1. The molecule has 0 aliphatic heterocycles. The highest BCUT2D eigenvalue weighted by Crippen LogP contribution is 2.30. The number of amides is 1. The van der Waals surface area contributed by atoms with Crippen molar-refractivity contribution in [2.75, 3.05) is 5.32 Å². The van der Waals surface area contributed by atoms with Gasteiger partial charge in [0.25, 0.3) is 5.91 Å². The van der Waals surface area contributed by atoms with Crippen molar-refractivity contribution >= 4 is 33.5 Å². The molecule has 0 saturated carbocycles. The van der Waals surface area contributed by atoms with E-state index < -0.39 is 0 Å². The summed E-state index contributed by atoms with van der Waals surface area (Å²) >= 11 is 0. The number of carbonyl (C=O) groups excluding carboxylic acids is 1. The van der Waals surface area contributed by atoms with Crippen LogP contribution in [-0.4, -0.2) is 17.0 Å². The van der Waals surface area contributed by atoms with Crippen LogP contribution < -0.4 is 10.1 Å². The van der Waals surface area contributed by atoms with E-state index in [2.05, 4.69) is 11.4 Å². The molecular formula is C27H22N2O3. The van der Waals surface area contributed by atoms with Crippen LogP contribution >= 0.6 is 0 Å². The average Bonchev–Trinajstić information content (AvgIpc) is 3.24. The Morgan fingerprint density at radius 3 is 2.66 bits per heavy atom. The second-order valence-electron chi connectivity index (χ2n) is 7.88. The Morgan fingerprint density at radius 2 is 1.78 bits per heavy atom. The van der Waals surface area contributed by atoms with Crippen LogP contribution in [0.3, 0.4) is 0 Å². The molecule has 5 rings (SSSR count). The van der Waals surface area contributed by atoms with Crippen LogP contribution in [0, 0.1) is 0 Å². The highest BCUT2D eigenvalue weighted by Gasteiger charge is 2.13. The molecule has 4 aromatic carbocycles. The highest BCUT2D eigenvalue weighted by atomic mass is 16.5. The lowest BCUT2D eigenvalue weighted by Crippen LogP contribution is -2.12. The number of ether oxygens (including phenoxy) is 1. The number of nitrogens with one attached hydrogen (secondary N) is 1. The number of carbonyl (C=O) groups is 1. The van der Waals surface area contributed by atoms with Gasteiger partial charge in [-0.2, -0.15) is 0 Å². The summed E-state index contributed by atoms with van der Waals surface area (Å²) in [5.74, 6) is 0.972. The molecule has 0 atom stereocenters. The third-order valence-corrected chi connectivity index (χ3v) is 5.12. The van der Waals surface area contributed by atoms with E-state index >= 15 is 0 Å². The first-order valence-electron chi connectivity index (χ1n) is 10.5. The molecule has 32 heavy (non-hydrogen) atoms. The number of hydrogen-bond donors (Lipinski definition) is 1. The van der Waals surface area contributed by atoms with Crippen LogP contribution in [0.1, 0.15) is 24.2 Å². The molecule has 5 heteroatoms. The summed E-state index contributed by atoms with van der Waals surface area (Å²) in [4.78, 5) is 17.5. The van der Waals surface area contributed by atoms with Gasteiger partial charge in [-0.3, -0.25) is 4.79 Å². The molecule has 5 aromatic rings. The maximum absolute atomic E-state index is 12.8. The molecule has 0 unspecified atom stereocenters. The van der Waals surface area contributed by atoms with Gasteiger partial charge in [-0.05, 0) is 61.7 Å². The predicted molar refractivity (Wildman–Crippen MR) is 127 cm³/mol. The Kier molecular flexibility index (Phi) is 5.07. The molecule has 0 spiro atoms. The van der Waals surface area contributed by atoms with Crippen molar-refractivity contribution in [1.29, 1.82) is 0 Å². The van der Waals surface area contributed by atoms with Crippen molar-refractivity contribution in [3.8, 4) is 17.2 Å². The van der Waals surface area contributed by atoms with Gasteiger partial charge >= 0.3 is 0 Å². The van der Waals surface area contributed by atoms with Gasteiger partial charge in [0.2, 0.25) is 5.89 Å². The van der Waals surface area contributed by atoms with Gasteiger partial charge in [0, 0.05) is 22.2 Å². The fourth-order valence-electron chi connectivity index (χ4n) is 3.70. The lowest BCUT2D eigenvalue weighted by Gasteiger charge is -2.11. The van der Waals surface area contributed by atoms with Gasteiger partial charge in [0.15, 0.2) is 5.58 Å². The third-order valence-electron chi connectivity index (χ3n) is 5.12. The highest BCUT2D eigenvalue weighted by molar-refractivity contribution is 6.05. The lowest BCUT2D eigenvalue weighted by molar-refractivity contribution is 0.102. The van der Waals surface area contributed by atoms with E-state index in [0.717, 1.165) is 27.4 Å². The van der Waals surface area contributed by atoms with E-state index in [1.54, 1.807) is 12.1 Å². The minimum absolute atomic E-state index is 0.0402. The normalized spacial score (nSPS) is 11.2. The fourth-order valence-corrected chi connectivity index (χ4v) is 3.70. The second-order valence-corrected chi connectivity index (χ2v) is 7.88. The molecular weight excluding hydrogens is 400 g/mol. The summed E-state index contributed by atoms with van der Waals surface area (Å²) < 4.78 is 11.7. The molecule has 0 fully saturated rings. The van der Waals surface area contributed by atoms with Crippen molar-refractivity contribution < 1.29 is 13.9 Å². The van der Waals surface area contributed by atoms with Gasteiger partial charge in [-0.1, -0.05) is 42.5 Å². The molecule has 0 bridgehead atoms. The third kappa shape index (κ3) is 3.93. The van der Waals surface area contributed by atoms with Gasteiger partial charge in [0.1, 0.15) is 11.3 Å². The molecule has 1 N–H and O–H groups in total. The van der Waals surface area contributed by atoms with Crippen molar-refractivity contribution in [2.45, 2.75) is 20.0 Å². The van der Waals surface area contributed by atoms with E-state index in [1.807, 2.05) is 80.6 Å². The minimum atomic E-state index is -0.208. The zero-order valence-corrected chi connectivity index (χ0v) is 17.8. The molecule has 1 heterocycles. The Balaban J connectivity index is 1.43. The van der Waals surface area contributed by atoms with Crippen LogP contribution in [0.5, 0.6) is 5.75 Å². The second kappa shape index (κ2) is 8.19. The van der Waals surface area contributed by atoms with Crippen molar-refractivity contribution in [3.05, 3.63) is 90.5 Å². The lowest BCUT2D eigenvalue weighted by atomic mass is 10.1. The molecule has 1 amide bonds. The van der Waals surface area contributed by atoms with E-state index in [9.17, 15) is 4.79 Å². The maximum atomic E-state index is 12.8. The minimum Gasteiger partial charge on any atom is -0.491 e. The molecule has 0 radical (unpaired) electrons. The fraction of sp³-hybridized carbons (Fsp3) is 0.111. The number of rotatable bonds is 5. The summed E-state index contributed by atoms with van der Waals surface area (Å²) in [5, 5.41) is 5.11. The first-order valence-corrected chi connectivity index (χ1v) is 10.5. The van der Waals surface area contributed by atoms with Crippen molar-refractivity contribution in [2.24, 2.45) is 0 Å². The van der Waals surface area contributed by atoms with Gasteiger partial charge in [-0.15, -0.1) is 0 Å². The van der Waals surface area contributed by atoms with Crippen molar-refractivity contribution in [1.82, 2.24) is 4.98 Å². The Labute approximate surface area is 185 Å². The molecule has 5 nitrogen and oxygen atoms in total. The molecule has 0 aliphatic carbocycles. The first-order chi connectivity index (χ1) is 15.6. The topological polar surface area (TPSA) is 64.4 Å². The van der Waals surface area contributed by atoms with E-state index in [4.69, 9.17) is 14.1 Å². The number of fused-ring (bicyclic) bond motifs is 3. The van der Waals surface area contributed by atoms with Gasteiger partial charge in [-0.25, -0.2) is 4.98 Å². The average molecular weight is 422 g/mol. The summed E-state index contributed by atoms with van der Waals surface area (Å²) in [6, 6.07) is 26.7. The van der Waals surface area contributed by atoms with Crippen LogP contribution in [0.15, 0.2) is 89.3 Å². The van der Waals surface area contributed by atoms with E-state index in [0.29, 0.717) is 22.9 Å². The SMILES string of the molecule is CC(C)Oc1cccc(C(=O)Nc2cccc(-c3nc4c(ccc5ccccc54)o3)c2)c1. The number of aromatic nitrogens is 1. The van der Waals surface area contributed by atoms with Gasteiger partial charge < -0.3 is 14.5 Å². The molecule has 0 saturated heterocycles. The standard InChI is InChI=1S/C27H22N2O3/c1-17(2)31-22-11-6-8-19(16-22)26(30)28-21-10-5-9-20(15-21)27-29-25-23-12-4-3-7-18(23)13-14-24(25)32-27/h3-17H,1-2H3,(H,28,30).